The van der Waals surface area contributed by atoms with Crippen LogP contribution in [0.15, 0.2) is 24.3 Å². The molecule has 0 radical (unpaired) electrons. The molecule has 1 amide bonds. The second kappa shape index (κ2) is 8.09. The number of alkyl halides is 3. The van der Waals surface area contributed by atoms with Crippen LogP contribution >= 0.6 is 12.4 Å². The van der Waals surface area contributed by atoms with Crippen LogP contribution in [0.5, 0.6) is 5.75 Å². The van der Waals surface area contributed by atoms with Gasteiger partial charge in [0.25, 0.3) is 0 Å². The molecule has 0 saturated heterocycles. The molecule has 1 aromatic rings. The molecule has 0 aromatic heterocycles. The van der Waals surface area contributed by atoms with Gasteiger partial charge in [0.1, 0.15) is 5.75 Å². The SMILES string of the molecule is CC(N)CC(=O)N(C)Cc1ccc(OC(F)(F)F)cc1.Cl. The van der Waals surface area contributed by atoms with E-state index in [1.54, 1.807) is 14.0 Å². The van der Waals surface area contributed by atoms with E-state index >= 15 is 0 Å². The van der Waals surface area contributed by atoms with Gasteiger partial charge >= 0.3 is 6.36 Å². The number of benzene rings is 1. The number of carbonyl (C=O) groups is 1. The zero-order valence-corrected chi connectivity index (χ0v) is 12.5. The molecule has 0 spiro atoms. The van der Waals surface area contributed by atoms with E-state index in [1.165, 1.54) is 29.2 Å². The van der Waals surface area contributed by atoms with Crippen molar-refractivity contribution < 1.29 is 22.7 Å². The summed E-state index contributed by atoms with van der Waals surface area (Å²) in [5, 5.41) is 0. The van der Waals surface area contributed by atoms with Crippen molar-refractivity contribution in [1.29, 1.82) is 0 Å². The van der Waals surface area contributed by atoms with Crippen LogP contribution in [-0.2, 0) is 11.3 Å². The van der Waals surface area contributed by atoms with Gasteiger partial charge in [0.15, 0.2) is 0 Å². The van der Waals surface area contributed by atoms with Crippen molar-refractivity contribution in [3.8, 4) is 5.75 Å². The van der Waals surface area contributed by atoms with E-state index in [2.05, 4.69) is 4.74 Å². The van der Waals surface area contributed by atoms with Crippen LogP contribution in [0.4, 0.5) is 13.2 Å². The third-order valence-electron chi connectivity index (χ3n) is 2.50. The Kier molecular flexibility index (Phi) is 7.52. The van der Waals surface area contributed by atoms with E-state index in [1.807, 2.05) is 0 Å². The third kappa shape index (κ3) is 7.77. The summed E-state index contributed by atoms with van der Waals surface area (Å²) in [5.41, 5.74) is 6.24. The van der Waals surface area contributed by atoms with Crippen LogP contribution in [0.2, 0.25) is 0 Å². The van der Waals surface area contributed by atoms with Gasteiger partial charge in [-0.05, 0) is 24.6 Å². The normalized spacial score (nSPS) is 12.3. The second-order valence-corrected chi connectivity index (χ2v) is 4.62. The number of hydrogen-bond acceptors (Lipinski definition) is 3. The van der Waals surface area contributed by atoms with Crippen molar-refractivity contribution in [2.75, 3.05) is 7.05 Å². The van der Waals surface area contributed by atoms with Crippen molar-refractivity contribution in [3.05, 3.63) is 29.8 Å². The Labute approximate surface area is 127 Å². The highest BCUT2D eigenvalue weighted by Gasteiger charge is 2.30. The molecule has 1 unspecified atom stereocenters. The molecule has 8 heteroatoms. The summed E-state index contributed by atoms with van der Waals surface area (Å²) in [4.78, 5) is 13.2. The molecule has 2 N–H and O–H groups in total. The van der Waals surface area contributed by atoms with Gasteiger partial charge in [-0.1, -0.05) is 12.1 Å². The number of halogens is 4. The average Bonchev–Trinajstić information content (AvgIpc) is 2.28. The standard InChI is InChI=1S/C13H17F3N2O2.ClH/c1-9(17)7-12(19)18(2)8-10-3-5-11(6-4-10)20-13(14,15)16;/h3-6,9H,7-8,17H2,1-2H3;1H. The predicted molar refractivity (Wildman–Crippen MR) is 75.1 cm³/mol. The lowest BCUT2D eigenvalue weighted by Crippen LogP contribution is -2.31. The minimum Gasteiger partial charge on any atom is -0.406 e. The molecular weight excluding hydrogens is 309 g/mol. The lowest BCUT2D eigenvalue weighted by Gasteiger charge is -2.18. The van der Waals surface area contributed by atoms with Gasteiger partial charge in [-0.15, -0.1) is 25.6 Å². The number of nitrogens with zero attached hydrogens (tertiary/aromatic N) is 1. The van der Waals surface area contributed by atoms with E-state index in [-0.39, 0.29) is 36.5 Å². The van der Waals surface area contributed by atoms with E-state index < -0.39 is 6.36 Å². The van der Waals surface area contributed by atoms with Crippen LogP contribution in [-0.4, -0.2) is 30.3 Å². The minimum absolute atomic E-state index is 0. The van der Waals surface area contributed by atoms with Crippen LogP contribution in [0.25, 0.3) is 0 Å². The summed E-state index contributed by atoms with van der Waals surface area (Å²) in [5.74, 6) is -0.401. The molecule has 1 rings (SSSR count). The number of rotatable bonds is 5. The van der Waals surface area contributed by atoms with E-state index in [9.17, 15) is 18.0 Å². The molecule has 1 atom stereocenters. The first kappa shape index (κ1) is 19.5. The largest absolute Gasteiger partial charge is 0.573 e. The van der Waals surface area contributed by atoms with Crippen molar-refractivity contribution in [1.82, 2.24) is 4.90 Å². The summed E-state index contributed by atoms with van der Waals surface area (Å²) >= 11 is 0. The zero-order valence-electron chi connectivity index (χ0n) is 11.7. The predicted octanol–water partition coefficient (Wildman–Crippen LogP) is 2.70. The first-order valence-corrected chi connectivity index (χ1v) is 6.01. The highest BCUT2D eigenvalue weighted by Crippen LogP contribution is 2.23. The quantitative estimate of drug-likeness (QED) is 0.905. The maximum absolute atomic E-state index is 12.0. The van der Waals surface area contributed by atoms with Gasteiger partial charge in [0.05, 0.1) is 0 Å². The Morgan fingerprint density at radius 1 is 1.33 bits per heavy atom. The fraction of sp³-hybridized carbons (Fsp3) is 0.462. The van der Waals surface area contributed by atoms with E-state index in [4.69, 9.17) is 5.73 Å². The first-order chi connectivity index (χ1) is 9.17. The third-order valence-corrected chi connectivity index (χ3v) is 2.50. The molecule has 120 valence electrons. The van der Waals surface area contributed by atoms with Crippen molar-refractivity contribution in [2.45, 2.75) is 32.3 Å². The number of nitrogens with two attached hydrogens (primary N) is 1. The van der Waals surface area contributed by atoms with Crippen molar-refractivity contribution in [2.24, 2.45) is 5.73 Å². The molecule has 0 heterocycles. The number of carbonyl (C=O) groups excluding carboxylic acids is 1. The summed E-state index contributed by atoms with van der Waals surface area (Å²) in [6, 6.07) is 5.17. The maximum Gasteiger partial charge on any atom is 0.573 e. The van der Waals surface area contributed by atoms with Gasteiger partial charge < -0.3 is 15.4 Å². The average molecular weight is 327 g/mol. The summed E-state index contributed by atoms with van der Waals surface area (Å²) in [7, 11) is 1.62. The number of ether oxygens (including phenoxy) is 1. The second-order valence-electron chi connectivity index (χ2n) is 4.62. The Morgan fingerprint density at radius 2 is 1.86 bits per heavy atom. The van der Waals surface area contributed by atoms with Gasteiger partial charge in [-0.25, -0.2) is 0 Å². The lowest BCUT2D eigenvalue weighted by atomic mass is 10.2. The van der Waals surface area contributed by atoms with E-state index in [0.29, 0.717) is 12.1 Å². The molecule has 1 aromatic carbocycles. The molecule has 0 aliphatic carbocycles. The first-order valence-electron chi connectivity index (χ1n) is 6.01. The number of hydrogen-bond donors (Lipinski definition) is 1. The summed E-state index contributed by atoms with van der Waals surface area (Å²) in [6.07, 6.45) is -4.47. The maximum atomic E-state index is 12.0. The molecule has 0 bridgehead atoms. The Balaban J connectivity index is 0.00000400. The summed E-state index contributed by atoms with van der Waals surface area (Å²) in [6.45, 7) is 2.03. The molecule has 4 nitrogen and oxygen atoms in total. The van der Waals surface area contributed by atoms with Crippen molar-refractivity contribution in [3.63, 3.8) is 0 Å². The number of amides is 1. The molecular formula is C13H18ClF3N2O2. The Morgan fingerprint density at radius 3 is 2.29 bits per heavy atom. The van der Waals surface area contributed by atoms with Crippen LogP contribution < -0.4 is 10.5 Å². The van der Waals surface area contributed by atoms with Gasteiger partial charge in [0, 0.05) is 26.1 Å². The minimum atomic E-state index is -4.70. The Hall–Kier alpha value is -1.47. The fourth-order valence-electron chi connectivity index (χ4n) is 1.59. The molecule has 21 heavy (non-hydrogen) atoms. The lowest BCUT2D eigenvalue weighted by molar-refractivity contribution is -0.274. The highest BCUT2D eigenvalue weighted by atomic mass is 35.5. The van der Waals surface area contributed by atoms with Crippen LogP contribution in [0.3, 0.4) is 0 Å². The van der Waals surface area contributed by atoms with Crippen LogP contribution in [0, 0.1) is 0 Å². The van der Waals surface area contributed by atoms with Crippen LogP contribution in [0.1, 0.15) is 18.9 Å². The van der Waals surface area contributed by atoms with Gasteiger partial charge in [-0.3, -0.25) is 4.79 Å². The molecule has 0 saturated carbocycles. The molecule has 0 fully saturated rings. The molecule has 0 aliphatic heterocycles. The smallest absolute Gasteiger partial charge is 0.406 e. The van der Waals surface area contributed by atoms with E-state index in [0.717, 1.165) is 0 Å². The van der Waals surface area contributed by atoms with Crippen molar-refractivity contribution >= 4 is 18.3 Å². The Bertz CT molecular complexity index is 450. The van der Waals surface area contributed by atoms with Gasteiger partial charge in [0.2, 0.25) is 5.91 Å². The fourth-order valence-corrected chi connectivity index (χ4v) is 1.59. The zero-order chi connectivity index (χ0) is 15.3. The summed E-state index contributed by atoms with van der Waals surface area (Å²) < 4.78 is 39.7. The molecule has 0 aliphatic rings. The van der Waals surface area contributed by atoms with Gasteiger partial charge in [-0.2, -0.15) is 0 Å². The monoisotopic (exact) mass is 326 g/mol. The topological polar surface area (TPSA) is 55.6 Å². The highest BCUT2D eigenvalue weighted by molar-refractivity contribution is 5.85.